The summed E-state index contributed by atoms with van der Waals surface area (Å²) in [5.74, 6) is -0.682. The molecule has 2 atom stereocenters. The van der Waals surface area contributed by atoms with Gasteiger partial charge in [0.2, 0.25) is 0 Å². The molecule has 4 rings (SSSR count). The van der Waals surface area contributed by atoms with Gasteiger partial charge in [0.25, 0.3) is 23.6 Å². The van der Waals surface area contributed by atoms with E-state index in [1.165, 1.54) is 32.5 Å². The van der Waals surface area contributed by atoms with Gasteiger partial charge >= 0.3 is 0 Å². The predicted octanol–water partition coefficient (Wildman–Crippen LogP) is 8.63. The van der Waals surface area contributed by atoms with Gasteiger partial charge in [0.15, 0.2) is 0 Å². The Kier molecular flexibility index (Phi) is 9.69. The number of fused-ring (bicyclic) bond motifs is 2. The molecular formula is C28H34Br2N2O4S2. The zero-order valence-electron chi connectivity index (χ0n) is 22.3. The van der Waals surface area contributed by atoms with Gasteiger partial charge < -0.3 is 0 Å². The number of rotatable bonds is 13. The van der Waals surface area contributed by atoms with Crippen LogP contribution in [0.25, 0.3) is 9.75 Å². The van der Waals surface area contributed by atoms with Crippen LogP contribution in [0.2, 0.25) is 0 Å². The molecule has 0 spiro atoms. The van der Waals surface area contributed by atoms with Gasteiger partial charge in [-0.2, -0.15) is 0 Å². The third kappa shape index (κ3) is 5.22. The van der Waals surface area contributed by atoms with Crippen LogP contribution in [0.5, 0.6) is 0 Å². The summed E-state index contributed by atoms with van der Waals surface area (Å²) in [6, 6.07) is 0. The summed E-state index contributed by atoms with van der Waals surface area (Å²) in [6.07, 6.45) is 8.00. The third-order valence-electron chi connectivity index (χ3n) is 7.74. The van der Waals surface area contributed by atoms with Gasteiger partial charge in [-0.15, -0.1) is 22.7 Å². The Balaban J connectivity index is 1.69. The Bertz CT molecular complexity index is 1170. The van der Waals surface area contributed by atoms with Crippen molar-refractivity contribution in [3.8, 4) is 9.75 Å². The van der Waals surface area contributed by atoms with Gasteiger partial charge in [0.1, 0.15) is 0 Å². The Morgan fingerprint density at radius 3 is 1.26 bits per heavy atom. The molecule has 0 aromatic carbocycles. The van der Waals surface area contributed by atoms with Crippen LogP contribution < -0.4 is 0 Å². The highest BCUT2D eigenvalue weighted by atomic mass is 79.9. The van der Waals surface area contributed by atoms with Crippen LogP contribution in [0.15, 0.2) is 7.57 Å². The van der Waals surface area contributed by atoms with Crippen LogP contribution in [0, 0.1) is 11.8 Å². The first-order valence-electron chi connectivity index (χ1n) is 13.6. The SMILES string of the molecule is CCCCC(CC)CN1C(=O)c2c(Br)sc(-c3sc(Br)c4c3C(=O)N(CC(CC)CCCC)C4=O)c2C1=O. The molecule has 206 valence electrons. The topological polar surface area (TPSA) is 74.8 Å². The van der Waals surface area contributed by atoms with Crippen molar-refractivity contribution in [2.75, 3.05) is 13.1 Å². The Labute approximate surface area is 249 Å². The molecule has 0 aliphatic carbocycles. The van der Waals surface area contributed by atoms with E-state index in [0.29, 0.717) is 52.7 Å². The van der Waals surface area contributed by atoms with Crippen LogP contribution in [0.3, 0.4) is 0 Å². The maximum absolute atomic E-state index is 13.7. The van der Waals surface area contributed by atoms with Gasteiger partial charge in [0, 0.05) is 13.1 Å². The molecule has 38 heavy (non-hydrogen) atoms. The highest BCUT2D eigenvalue weighted by Crippen LogP contribution is 2.51. The second-order valence-corrected chi connectivity index (χ2v) is 14.9. The standard InChI is InChI=1S/C28H34Br2N2O4S2/c1-5-9-11-15(7-3)13-31-25(33)17-19(27(31)35)23(29)37-21(17)22-18-20(24(30)38-22)28(36)32(26(18)34)14-16(8-4)12-10-6-2/h15-16H,5-14H2,1-4H3. The number of hydrogen-bond donors (Lipinski definition) is 0. The average molecular weight is 687 g/mol. The molecule has 0 saturated heterocycles. The van der Waals surface area contributed by atoms with Crippen molar-refractivity contribution in [3.63, 3.8) is 0 Å². The molecule has 2 aliphatic rings. The van der Waals surface area contributed by atoms with Crippen molar-refractivity contribution in [1.29, 1.82) is 0 Å². The smallest absolute Gasteiger partial charge is 0.263 e. The summed E-state index contributed by atoms with van der Waals surface area (Å²) in [5.41, 5.74) is 1.44. The molecule has 10 heteroatoms. The van der Waals surface area contributed by atoms with Crippen molar-refractivity contribution in [3.05, 3.63) is 29.8 Å². The van der Waals surface area contributed by atoms with Gasteiger partial charge in [0.05, 0.1) is 39.6 Å². The summed E-state index contributed by atoms with van der Waals surface area (Å²) in [7, 11) is 0. The highest BCUT2D eigenvalue weighted by molar-refractivity contribution is 9.11. The molecule has 4 amide bonds. The molecule has 2 aromatic rings. The number of amides is 4. The molecule has 2 aromatic heterocycles. The van der Waals surface area contributed by atoms with Crippen LogP contribution in [-0.2, 0) is 0 Å². The van der Waals surface area contributed by atoms with E-state index in [-0.39, 0.29) is 35.5 Å². The maximum Gasteiger partial charge on any atom is 0.263 e. The quantitative estimate of drug-likeness (QED) is 0.198. The number of carbonyl (C=O) groups excluding carboxylic acids is 4. The lowest BCUT2D eigenvalue weighted by Gasteiger charge is -2.22. The molecule has 0 radical (unpaired) electrons. The maximum atomic E-state index is 13.7. The second kappa shape index (κ2) is 12.4. The van der Waals surface area contributed by atoms with E-state index in [4.69, 9.17) is 0 Å². The van der Waals surface area contributed by atoms with E-state index in [1.54, 1.807) is 0 Å². The fourth-order valence-electron chi connectivity index (χ4n) is 5.32. The minimum atomic E-state index is -0.311. The van der Waals surface area contributed by atoms with Crippen molar-refractivity contribution in [2.24, 2.45) is 11.8 Å². The Hall–Kier alpha value is -1.36. The zero-order chi connectivity index (χ0) is 27.7. The van der Waals surface area contributed by atoms with E-state index < -0.39 is 0 Å². The lowest BCUT2D eigenvalue weighted by Crippen LogP contribution is -2.35. The van der Waals surface area contributed by atoms with Crippen LogP contribution in [0.4, 0.5) is 0 Å². The molecule has 0 saturated carbocycles. The number of unbranched alkanes of at least 4 members (excludes halogenated alkanes) is 2. The molecule has 6 nitrogen and oxygen atoms in total. The number of hydrogen-bond acceptors (Lipinski definition) is 6. The van der Waals surface area contributed by atoms with Gasteiger partial charge in [-0.05, 0) is 56.5 Å². The van der Waals surface area contributed by atoms with Gasteiger partial charge in [-0.25, -0.2) is 0 Å². The average Bonchev–Trinajstić information content (AvgIpc) is 3.57. The fourth-order valence-corrected chi connectivity index (χ4v) is 9.19. The predicted molar refractivity (Wildman–Crippen MR) is 160 cm³/mol. The minimum Gasteiger partial charge on any atom is -0.274 e. The molecule has 4 heterocycles. The molecule has 0 bridgehead atoms. The summed E-state index contributed by atoms with van der Waals surface area (Å²) in [5, 5.41) is 0. The first kappa shape index (κ1) is 29.6. The number of halogens is 2. The third-order valence-corrected chi connectivity index (χ3v) is 11.6. The Morgan fingerprint density at radius 1 is 0.605 bits per heavy atom. The van der Waals surface area contributed by atoms with E-state index in [1.807, 2.05) is 0 Å². The van der Waals surface area contributed by atoms with Crippen molar-refractivity contribution in [1.82, 2.24) is 9.80 Å². The monoisotopic (exact) mass is 684 g/mol. The molecular weight excluding hydrogens is 652 g/mol. The fraction of sp³-hybridized carbons (Fsp3) is 0.571. The number of thiophene rings is 2. The van der Waals surface area contributed by atoms with E-state index >= 15 is 0 Å². The summed E-state index contributed by atoms with van der Waals surface area (Å²) >= 11 is 9.63. The second-order valence-electron chi connectivity index (χ2n) is 10.2. The van der Waals surface area contributed by atoms with E-state index in [0.717, 1.165) is 51.4 Å². The molecule has 2 aliphatic heterocycles. The van der Waals surface area contributed by atoms with E-state index in [2.05, 4.69) is 59.6 Å². The largest absolute Gasteiger partial charge is 0.274 e. The van der Waals surface area contributed by atoms with Crippen LogP contribution in [-0.4, -0.2) is 46.5 Å². The molecule has 0 fully saturated rings. The molecule has 2 unspecified atom stereocenters. The van der Waals surface area contributed by atoms with Gasteiger partial charge in [-0.3, -0.25) is 29.0 Å². The summed E-state index contributed by atoms with van der Waals surface area (Å²) < 4.78 is 1.17. The van der Waals surface area contributed by atoms with Crippen LogP contribution >= 0.6 is 54.5 Å². The first-order chi connectivity index (χ1) is 18.2. The van der Waals surface area contributed by atoms with Gasteiger partial charge in [-0.1, -0.05) is 66.2 Å². The summed E-state index contributed by atoms with van der Waals surface area (Å²) in [6.45, 7) is 9.25. The summed E-state index contributed by atoms with van der Waals surface area (Å²) in [4.78, 5) is 58.0. The number of imide groups is 2. The van der Waals surface area contributed by atoms with E-state index in [9.17, 15) is 19.2 Å². The number of nitrogens with zero attached hydrogens (tertiary/aromatic N) is 2. The van der Waals surface area contributed by atoms with Crippen LogP contribution in [0.1, 0.15) is 120 Å². The lowest BCUT2D eigenvalue weighted by atomic mass is 9.99. The highest BCUT2D eigenvalue weighted by Gasteiger charge is 2.46. The van der Waals surface area contributed by atoms with Crippen molar-refractivity contribution < 1.29 is 19.2 Å². The van der Waals surface area contributed by atoms with Crippen molar-refractivity contribution >= 4 is 78.2 Å². The lowest BCUT2D eigenvalue weighted by molar-refractivity contribution is 0.0608. The molecule has 0 N–H and O–H groups in total. The minimum absolute atomic E-state index is 0.255. The normalized spacial score (nSPS) is 16.6. The first-order valence-corrected chi connectivity index (χ1v) is 16.8. The zero-order valence-corrected chi connectivity index (χ0v) is 27.1. The van der Waals surface area contributed by atoms with Crippen molar-refractivity contribution in [2.45, 2.75) is 79.1 Å². The Morgan fingerprint density at radius 2 is 0.947 bits per heavy atom. The number of carbonyl (C=O) groups is 4.